The number of rotatable bonds is 4. The zero-order valence-electron chi connectivity index (χ0n) is 12.9. The highest BCUT2D eigenvalue weighted by molar-refractivity contribution is 5.73. The summed E-state index contributed by atoms with van der Waals surface area (Å²) in [6.45, 7) is 8.43. The lowest BCUT2D eigenvalue weighted by molar-refractivity contribution is -0.127. The number of hydrogen-bond acceptors (Lipinski definition) is 2. The number of nitrogens with zero attached hydrogens (tertiary/aromatic N) is 2. The fourth-order valence-electron chi connectivity index (χ4n) is 3.74. The van der Waals surface area contributed by atoms with Crippen molar-refractivity contribution in [1.29, 1.82) is 0 Å². The van der Waals surface area contributed by atoms with E-state index < -0.39 is 0 Å². The van der Waals surface area contributed by atoms with Crippen molar-refractivity contribution < 1.29 is 4.79 Å². The third kappa shape index (κ3) is 4.48. The van der Waals surface area contributed by atoms with Crippen LogP contribution < -0.4 is 0 Å². The smallest absolute Gasteiger partial charge is 0.219 e. The third-order valence-electron chi connectivity index (χ3n) is 5.01. The van der Waals surface area contributed by atoms with Gasteiger partial charge in [0, 0.05) is 33.1 Å². The highest BCUT2D eigenvalue weighted by Crippen LogP contribution is 2.29. The van der Waals surface area contributed by atoms with Crippen LogP contribution in [0.1, 0.15) is 46.0 Å². The predicted octanol–water partition coefficient (Wildman–Crippen LogP) is 2.61. The van der Waals surface area contributed by atoms with Crippen molar-refractivity contribution in [3.05, 3.63) is 0 Å². The first-order valence-corrected chi connectivity index (χ1v) is 7.98. The normalized spacial score (nSPS) is 32.0. The average molecular weight is 266 g/mol. The summed E-state index contributed by atoms with van der Waals surface area (Å²) >= 11 is 0. The van der Waals surface area contributed by atoms with Gasteiger partial charge < -0.3 is 9.80 Å². The fraction of sp³-hybridized carbons (Fsp3) is 0.938. The third-order valence-corrected chi connectivity index (χ3v) is 5.01. The van der Waals surface area contributed by atoms with Gasteiger partial charge >= 0.3 is 0 Å². The SMILES string of the molecule is CC(=O)N1CC[C@@H](CN(C)CC2CCC(C)CC2)C1. The van der Waals surface area contributed by atoms with Crippen LogP contribution in [0.5, 0.6) is 0 Å². The maximum atomic E-state index is 11.3. The second kappa shape index (κ2) is 6.74. The Morgan fingerprint density at radius 1 is 1.11 bits per heavy atom. The van der Waals surface area contributed by atoms with Crippen molar-refractivity contribution >= 4 is 5.91 Å². The Morgan fingerprint density at radius 3 is 2.32 bits per heavy atom. The largest absolute Gasteiger partial charge is 0.343 e. The molecular weight excluding hydrogens is 236 g/mol. The van der Waals surface area contributed by atoms with Gasteiger partial charge in [0.2, 0.25) is 5.91 Å². The Kier molecular flexibility index (Phi) is 5.26. The summed E-state index contributed by atoms with van der Waals surface area (Å²) < 4.78 is 0. The number of carbonyl (C=O) groups excluding carboxylic acids is 1. The van der Waals surface area contributed by atoms with Gasteiger partial charge in [-0.25, -0.2) is 0 Å². The van der Waals surface area contributed by atoms with Crippen LogP contribution in [0, 0.1) is 17.8 Å². The maximum absolute atomic E-state index is 11.3. The van der Waals surface area contributed by atoms with Gasteiger partial charge in [-0.05, 0) is 44.1 Å². The molecule has 1 saturated heterocycles. The number of likely N-dealkylation sites (tertiary alicyclic amines) is 1. The molecule has 2 rings (SSSR count). The molecule has 0 N–H and O–H groups in total. The minimum atomic E-state index is 0.242. The molecule has 3 heteroatoms. The Balaban J connectivity index is 1.67. The van der Waals surface area contributed by atoms with Gasteiger partial charge in [0.25, 0.3) is 0 Å². The molecule has 1 aliphatic heterocycles. The Labute approximate surface area is 118 Å². The lowest BCUT2D eigenvalue weighted by atomic mass is 9.83. The summed E-state index contributed by atoms with van der Waals surface area (Å²) in [7, 11) is 2.26. The van der Waals surface area contributed by atoms with Crippen LogP contribution in [-0.2, 0) is 4.79 Å². The molecule has 0 aromatic heterocycles. The van der Waals surface area contributed by atoms with Crippen LogP contribution in [0.2, 0.25) is 0 Å². The summed E-state index contributed by atoms with van der Waals surface area (Å²) in [5.41, 5.74) is 0. The number of amides is 1. The van der Waals surface area contributed by atoms with Gasteiger partial charge in [0.1, 0.15) is 0 Å². The van der Waals surface area contributed by atoms with E-state index in [1.165, 1.54) is 38.6 Å². The zero-order chi connectivity index (χ0) is 13.8. The van der Waals surface area contributed by atoms with Crippen LogP contribution in [0.3, 0.4) is 0 Å². The molecule has 0 aromatic carbocycles. The molecule has 1 atom stereocenters. The molecule has 0 aromatic rings. The van der Waals surface area contributed by atoms with Crippen LogP contribution in [0.15, 0.2) is 0 Å². The van der Waals surface area contributed by atoms with Crippen molar-refractivity contribution in [1.82, 2.24) is 9.80 Å². The Hall–Kier alpha value is -0.570. The lowest BCUT2D eigenvalue weighted by Crippen LogP contribution is -2.33. The van der Waals surface area contributed by atoms with E-state index >= 15 is 0 Å². The molecule has 2 fully saturated rings. The van der Waals surface area contributed by atoms with Crippen molar-refractivity contribution in [3.63, 3.8) is 0 Å². The van der Waals surface area contributed by atoms with E-state index in [4.69, 9.17) is 0 Å². The predicted molar refractivity (Wildman–Crippen MR) is 79.0 cm³/mol. The van der Waals surface area contributed by atoms with E-state index in [-0.39, 0.29) is 5.91 Å². The van der Waals surface area contributed by atoms with Gasteiger partial charge in [-0.15, -0.1) is 0 Å². The molecule has 0 bridgehead atoms. The van der Waals surface area contributed by atoms with Crippen molar-refractivity contribution in [2.45, 2.75) is 46.0 Å². The topological polar surface area (TPSA) is 23.6 Å². The molecule has 1 amide bonds. The lowest BCUT2D eigenvalue weighted by Gasteiger charge is -2.30. The van der Waals surface area contributed by atoms with Crippen LogP contribution >= 0.6 is 0 Å². The molecule has 0 radical (unpaired) electrons. The van der Waals surface area contributed by atoms with Gasteiger partial charge in [0.15, 0.2) is 0 Å². The first-order chi connectivity index (χ1) is 9.04. The monoisotopic (exact) mass is 266 g/mol. The van der Waals surface area contributed by atoms with Crippen molar-refractivity contribution in [3.8, 4) is 0 Å². The fourth-order valence-corrected chi connectivity index (χ4v) is 3.74. The van der Waals surface area contributed by atoms with E-state index in [2.05, 4.69) is 18.9 Å². The molecular formula is C16H30N2O. The molecule has 1 heterocycles. The van der Waals surface area contributed by atoms with Gasteiger partial charge in [-0.2, -0.15) is 0 Å². The summed E-state index contributed by atoms with van der Waals surface area (Å²) in [6.07, 6.45) is 6.84. The van der Waals surface area contributed by atoms with Gasteiger partial charge in [0.05, 0.1) is 0 Å². The molecule has 110 valence electrons. The summed E-state index contributed by atoms with van der Waals surface area (Å²) in [5, 5.41) is 0. The molecule has 3 nitrogen and oxygen atoms in total. The van der Waals surface area contributed by atoms with E-state index in [0.29, 0.717) is 5.92 Å². The maximum Gasteiger partial charge on any atom is 0.219 e. The standard InChI is InChI=1S/C16H30N2O/c1-13-4-6-15(7-5-13)10-17(3)11-16-8-9-18(12-16)14(2)19/h13,15-16H,4-12H2,1-3H3/t13?,15?,16-/m0/s1. The molecule has 0 unspecified atom stereocenters. The van der Waals surface area contributed by atoms with E-state index in [0.717, 1.165) is 31.5 Å². The van der Waals surface area contributed by atoms with Crippen molar-refractivity contribution in [2.24, 2.45) is 17.8 Å². The summed E-state index contributed by atoms with van der Waals surface area (Å²) in [4.78, 5) is 15.8. The second-order valence-corrected chi connectivity index (χ2v) is 6.97. The molecule has 2 aliphatic rings. The molecule has 19 heavy (non-hydrogen) atoms. The Morgan fingerprint density at radius 2 is 1.74 bits per heavy atom. The minimum absolute atomic E-state index is 0.242. The minimum Gasteiger partial charge on any atom is -0.343 e. The van der Waals surface area contributed by atoms with E-state index in [1.807, 2.05) is 4.90 Å². The zero-order valence-corrected chi connectivity index (χ0v) is 12.9. The average Bonchev–Trinajstić information content (AvgIpc) is 2.80. The quantitative estimate of drug-likeness (QED) is 0.781. The van der Waals surface area contributed by atoms with E-state index in [9.17, 15) is 4.79 Å². The summed E-state index contributed by atoms with van der Waals surface area (Å²) in [6, 6.07) is 0. The summed E-state index contributed by atoms with van der Waals surface area (Å²) in [5.74, 6) is 2.79. The number of carbonyl (C=O) groups is 1. The van der Waals surface area contributed by atoms with Gasteiger partial charge in [-0.3, -0.25) is 4.79 Å². The van der Waals surface area contributed by atoms with Crippen molar-refractivity contribution in [2.75, 3.05) is 33.2 Å². The first-order valence-electron chi connectivity index (χ1n) is 7.98. The van der Waals surface area contributed by atoms with Crippen LogP contribution in [0.4, 0.5) is 0 Å². The molecule has 1 saturated carbocycles. The van der Waals surface area contributed by atoms with Crippen LogP contribution in [-0.4, -0.2) is 48.9 Å². The first kappa shape index (κ1) is 14.8. The molecule has 0 spiro atoms. The number of hydrogen-bond donors (Lipinski definition) is 0. The second-order valence-electron chi connectivity index (χ2n) is 6.97. The highest BCUT2D eigenvalue weighted by atomic mass is 16.2. The van der Waals surface area contributed by atoms with Gasteiger partial charge in [-0.1, -0.05) is 19.8 Å². The Bertz CT molecular complexity index is 297. The highest BCUT2D eigenvalue weighted by Gasteiger charge is 2.26. The van der Waals surface area contributed by atoms with Crippen LogP contribution in [0.25, 0.3) is 0 Å². The molecule has 1 aliphatic carbocycles. The van der Waals surface area contributed by atoms with E-state index in [1.54, 1.807) is 6.92 Å².